The smallest absolute Gasteiger partial charge is 0.200 e. The summed E-state index contributed by atoms with van der Waals surface area (Å²) < 4.78 is 94.2. The second-order valence-corrected chi connectivity index (χ2v) is 11.4. The first kappa shape index (κ1) is 24.6. The number of anilines is 1. The Morgan fingerprint density at radius 2 is 1.56 bits per heavy atom. The highest BCUT2D eigenvalue weighted by Gasteiger charge is 2.39. The van der Waals surface area contributed by atoms with Crippen molar-refractivity contribution in [2.24, 2.45) is 0 Å². The van der Waals surface area contributed by atoms with Crippen LogP contribution in [0.15, 0.2) is 28.5 Å². The molecule has 4 nitrogen and oxygen atoms in total. The molecular weight excluding hydrogens is 495 g/mol. The van der Waals surface area contributed by atoms with Crippen molar-refractivity contribution in [3.63, 3.8) is 0 Å². The molecule has 3 aromatic rings. The molecule has 4 rings (SSSR count). The molecule has 34 heavy (non-hydrogen) atoms. The van der Waals surface area contributed by atoms with Crippen molar-refractivity contribution < 1.29 is 30.4 Å². The second kappa shape index (κ2) is 9.26. The van der Waals surface area contributed by atoms with Gasteiger partial charge in [-0.1, -0.05) is 23.8 Å². The number of rotatable bonds is 5. The molecule has 0 spiro atoms. The Morgan fingerprint density at radius 1 is 0.971 bits per heavy atom. The van der Waals surface area contributed by atoms with E-state index in [-0.39, 0.29) is 25.9 Å². The zero-order valence-electron chi connectivity index (χ0n) is 18.3. The third-order valence-electron chi connectivity index (χ3n) is 6.02. The number of aromatic nitrogens is 1. The number of benzene rings is 2. The molecule has 2 heterocycles. The van der Waals surface area contributed by atoms with Crippen LogP contribution in [-0.2, 0) is 16.3 Å². The number of piperidine rings is 1. The molecule has 1 fully saturated rings. The van der Waals surface area contributed by atoms with Gasteiger partial charge >= 0.3 is 0 Å². The number of thiazole rings is 1. The van der Waals surface area contributed by atoms with Crippen molar-refractivity contribution >= 4 is 26.3 Å². The molecule has 0 radical (unpaired) electrons. The summed E-state index contributed by atoms with van der Waals surface area (Å²) in [5, 5.41) is 1.34. The van der Waals surface area contributed by atoms with Crippen LogP contribution in [0.5, 0.6) is 0 Å². The minimum Gasteiger partial charge on any atom is -0.348 e. The predicted molar refractivity (Wildman–Crippen MR) is 119 cm³/mol. The normalized spacial score (nSPS) is 15.2. The van der Waals surface area contributed by atoms with Gasteiger partial charge in [0.1, 0.15) is 4.90 Å². The van der Waals surface area contributed by atoms with E-state index in [1.54, 1.807) is 0 Å². The molecule has 1 saturated heterocycles. The fraction of sp³-hybridized carbons (Fsp3) is 0.348. The van der Waals surface area contributed by atoms with Crippen molar-refractivity contribution in [3.8, 4) is 0 Å². The van der Waals surface area contributed by atoms with Crippen LogP contribution in [0, 0.1) is 42.9 Å². The average molecular weight is 517 g/mol. The molecule has 0 amide bonds. The fourth-order valence-corrected chi connectivity index (χ4v) is 6.79. The monoisotopic (exact) mass is 516 g/mol. The number of hydrogen-bond donors (Lipinski definition) is 0. The van der Waals surface area contributed by atoms with E-state index in [9.17, 15) is 30.4 Å². The van der Waals surface area contributed by atoms with Gasteiger partial charge in [-0.3, -0.25) is 0 Å². The van der Waals surface area contributed by atoms with Gasteiger partial charge in [0.2, 0.25) is 5.82 Å². The van der Waals surface area contributed by atoms with E-state index in [0.717, 1.165) is 22.4 Å². The molecule has 1 aromatic heterocycles. The molecule has 0 bridgehead atoms. The number of nitrogens with zero attached hydrogens (tertiary/aromatic N) is 2. The molecule has 0 atom stereocenters. The molecule has 0 saturated carbocycles. The summed E-state index contributed by atoms with van der Waals surface area (Å²) in [5.74, 6) is -11.6. The number of sulfone groups is 1. The van der Waals surface area contributed by atoms with Gasteiger partial charge in [0.25, 0.3) is 0 Å². The lowest BCUT2D eigenvalue weighted by Crippen LogP contribution is -2.40. The van der Waals surface area contributed by atoms with Crippen LogP contribution in [0.25, 0.3) is 0 Å². The summed E-state index contributed by atoms with van der Waals surface area (Å²) >= 11 is 1.41. The van der Waals surface area contributed by atoms with Crippen LogP contribution in [0.3, 0.4) is 0 Å². The molecule has 0 N–H and O–H groups in total. The van der Waals surface area contributed by atoms with Gasteiger partial charge in [0.05, 0.1) is 10.9 Å². The minimum absolute atomic E-state index is 0.0340. The van der Waals surface area contributed by atoms with Crippen LogP contribution in [0.1, 0.15) is 35.2 Å². The third-order valence-corrected chi connectivity index (χ3v) is 9.25. The molecule has 182 valence electrons. The standard InChI is InChI=1S/C23H21F5N2O2S2/c1-12-3-4-13(2)14(9-12)10-15-11-33-23(29-15)30-7-5-16(6-8-30)34(31,32)22-20(27)18(25)17(24)19(26)21(22)28/h3-4,9,11,16H,5-8,10H2,1-2H3. The predicted octanol–water partition coefficient (Wildman–Crippen LogP) is 5.49. The quantitative estimate of drug-likeness (QED) is 0.195. The number of aryl methyl sites for hydroxylation is 2. The van der Waals surface area contributed by atoms with Gasteiger partial charge in [-0.2, -0.15) is 0 Å². The summed E-state index contributed by atoms with van der Waals surface area (Å²) in [4.78, 5) is 4.75. The van der Waals surface area contributed by atoms with E-state index in [1.165, 1.54) is 11.3 Å². The van der Waals surface area contributed by atoms with Crippen LogP contribution in [-0.4, -0.2) is 31.7 Å². The maximum absolute atomic E-state index is 14.1. The van der Waals surface area contributed by atoms with Crippen LogP contribution in [0.2, 0.25) is 0 Å². The van der Waals surface area contributed by atoms with E-state index < -0.39 is 49.1 Å². The maximum atomic E-state index is 14.1. The maximum Gasteiger partial charge on any atom is 0.200 e. The van der Waals surface area contributed by atoms with Gasteiger partial charge in [0.15, 0.2) is 38.2 Å². The van der Waals surface area contributed by atoms with Gasteiger partial charge in [-0.05, 0) is 37.8 Å². The van der Waals surface area contributed by atoms with Crippen molar-refractivity contribution in [3.05, 3.63) is 75.0 Å². The minimum atomic E-state index is -4.78. The second-order valence-electron chi connectivity index (χ2n) is 8.36. The Hall–Kier alpha value is -2.53. The van der Waals surface area contributed by atoms with Crippen molar-refractivity contribution in [1.29, 1.82) is 0 Å². The first-order valence-electron chi connectivity index (χ1n) is 10.5. The zero-order chi connectivity index (χ0) is 24.8. The molecule has 0 aliphatic carbocycles. The van der Waals surface area contributed by atoms with E-state index in [2.05, 4.69) is 11.1 Å². The van der Waals surface area contributed by atoms with Gasteiger partial charge in [0, 0.05) is 24.9 Å². The Balaban J connectivity index is 1.49. The fourth-order valence-electron chi connectivity index (χ4n) is 4.07. The van der Waals surface area contributed by atoms with Crippen molar-refractivity contribution in [1.82, 2.24) is 4.98 Å². The summed E-state index contributed by atoms with van der Waals surface area (Å²) in [5.41, 5.74) is 4.32. The van der Waals surface area contributed by atoms with Crippen molar-refractivity contribution in [2.45, 2.75) is 43.3 Å². The van der Waals surface area contributed by atoms with E-state index >= 15 is 0 Å². The SMILES string of the molecule is Cc1ccc(C)c(Cc2csc(N3CCC(S(=O)(=O)c4c(F)c(F)c(F)c(F)c4F)CC3)n2)c1. The highest BCUT2D eigenvalue weighted by molar-refractivity contribution is 7.92. The van der Waals surface area contributed by atoms with Gasteiger partial charge in [-0.25, -0.2) is 35.4 Å². The molecule has 11 heteroatoms. The Labute approximate surface area is 198 Å². The van der Waals surface area contributed by atoms with Crippen molar-refractivity contribution in [2.75, 3.05) is 18.0 Å². The highest BCUT2D eigenvalue weighted by Crippen LogP contribution is 2.34. The lowest BCUT2D eigenvalue weighted by molar-refractivity contribution is 0.356. The van der Waals surface area contributed by atoms with E-state index in [1.807, 2.05) is 36.3 Å². The molecule has 0 unspecified atom stereocenters. The molecule has 1 aliphatic rings. The molecule has 2 aromatic carbocycles. The van der Waals surface area contributed by atoms with E-state index in [4.69, 9.17) is 0 Å². The summed E-state index contributed by atoms with van der Waals surface area (Å²) in [6.45, 7) is 4.48. The van der Waals surface area contributed by atoms with E-state index in [0.29, 0.717) is 11.6 Å². The number of hydrogen-bond acceptors (Lipinski definition) is 5. The van der Waals surface area contributed by atoms with Gasteiger partial charge < -0.3 is 4.90 Å². The molecule has 1 aliphatic heterocycles. The third kappa shape index (κ3) is 4.43. The first-order valence-corrected chi connectivity index (χ1v) is 12.9. The zero-order valence-corrected chi connectivity index (χ0v) is 20.0. The van der Waals surface area contributed by atoms with Crippen LogP contribution in [0.4, 0.5) is 27.1 Å². The number of halogens is 5. The summed E-state index contributed by atoms with van der Waals surface area (Å²) in [6, 6.07) is 6.19. The lowest BCUT2D eigenvalue weighted by atomic mass is 10.0. The largest absolute Gasteiger partial charge is 0.348 e. The summed E-state index contributed by atoms with van der Waals surface area (Å²) in [6.07, 6.45) is 0.580. The topological polar surface area (TPSA) is 50.3 Å². The highest BCUT2D eigenvalue weighted by atomic mass is 32.2. The Morgan fingerprint density at radius 3 is 2.18 bits per heavy atom. The van der Waals surface area contributed by atoms with Crippen LogP contribution < -0.4 is 4.90 Å². The Bertz CT molecular complexity index is 1320. The molecular formula is C23H21F5N2O2S2. The Kier molecular flexibility index (Phi) is 6.69. The van der Waals surface area contributed by atoms with Crippen LogP contribution >= 0.6 is 11.3 Å². The summed E-state index contributed by atoms with van der Waals surface area (Å²) in [7, 11) is -4.78. The lowest BCUT2D eigenvalue weighted by Gasteiger charge is -2.31. The van der Waals surface area contributed by atoms with Gasteiger partial charge in [-0.15, -0.1) is 11.3 Å². The first-order chi connectivity index (χ1) is 16.0. The average Bonchev–Trinajstić information content (AvgIpc) is 3.27.